The van der Waals surface area contributed by atoms with Crippen molar-refractivity contribution in [2.24, 2.45) is 0 Å². The first kappa shape index (κ1) is 10.0. The summed E-state index contributed by atoms with van der Waals surface area (Å²) in [4.78, 5) is 3.86. The summed E-state index contributed by atoms with van der Waals surface area (Å²) in [7, 11) is 0. The summed E-state index contributed by atoms with van der Waals surface area (Å²) >= 11 is 0. The number of halogens is 3. The zero-order valence-electron chi connectivity index (χ0n) is 7.44. The molecule has 0 atom stereocenters. The number of rotatable bonds is 1. The van der Waals surface area contributed by atoms with Crippen molar-refractivity contribution in [2.45, 2.75) is 26.4 Å². The van der Waals surface area contributed by atoms with E-state index in [-0.39, 0.29) is 5.56 Å². The van der Waals surface area contributed by atoms with Crippen LogP contribution in [0.2, 0.25) is 0 Å². The quantitative estimate of drug-likeness (QED) is 0.662. The first-order valence-corrected chi connectivity index (χ1v) is 3.87. The minimum atomic E-state index is -4.15. The highest BCUT2D eigenvalue weighted by atomic mass is 19.4. The summed E-state index contributed by atoms with van der Waals surface area (Å²) in [6.45, 7) is 3.52. The lowest BCUT2D eigenvalue weighted by Gasteiger charge is -2.07. The minimum absolute atomic E-state index is 0.218. The Hall–Kier alpha value is -1.06. The molecule has 1 aromatic heterocycles. The number of aryl methyl sites for hydroxylation is 2. The third kappa shape index (κ3) is 3.05. The average molecular weight is 189 g/mol. The second kappa shape index (κ2) is 3.36. The smallest absolute Gasteiger partial charge is 0.261 e. The standard InChI is InChI=1S/C9H10F3N/c1-6-3-8(4-9(10,11)12)5-13-7(6)2/h3,5H,4H2,1-2H3. The van der Waals surface area contributed by atoms with Gasteiger partial charge in [0, 0.05) is 11.9 Å². The molecule has 1 rings (SSSR count). The van der Waals surface area contributed by atoms with Gasteiger partial charge < -0.3 is 0 Å². The van der Waals surface area contributed by atoms with Crippen molar-refractivity contribution >= 4 is 0 Å². The van der Waals surface area contributed by atoms with E-state index in [1.807, 2.05) is 0 Å². The van der Waals surface area contributed by atoms with Crippen LogP contribution >= 0.6 is 0 Å². The molecule has 0 radical (unpaired) electrons. The van der Waals surface area contributed by atoms with E-state index in [2.05, 4.69) is 4.98 Å². The third-order valence-electron chi connectivity index (χ3n) is 1.80. The first-order valence-electron chi connectivity index (χ1n) is 3.87. The number of hydrogen-bond acceptors (Lipinski definition) is 1. The Morgan fingerprint density at radius 2 is 1.92 bits per heavy atom. The van der Waals surface area contributed by atoms with Crippen LogP contribution in [0.5, 0.6) is 0 Å². The Morgan fingerprint density at radius 1 is 1.31 bits per heavy atom. The highest BCUT2D eigenvalue weighted by molar-refractivity contribution is 5.23. The van der Waals surface area contributed by atoms with Crippen molar-refractivity contribution in [1.82, 2.24) is 4.98 Å². The molecule has 0 aliphatic rings. The van der Waals surface area contributed by atoms with Gasteiger partial charge in [-0.25, -0.2) is 0 Å². The van der Waals surface area contributed by atoms with Gasteiger partial charge in [-0.2, -0.15) is 13.2 Å². The van der Waals surface area contributed by atoms with Crippen molar-refractivity contribution in [3.8, 4) is 0 Å². The van der Waals surface area contributed by atoms with E-state index in [0.29, 0.717) is 0 Å². The van der Waals surface area contributed by atoms with Crippen molar-refractivity contribution in [3.05, 3.63) is 29.1 Å². The van der Waals surface area contributed by atoms with Crippen LogP contribution in [0.25, 0.3) is 0 Å². The Morgan fingerprint density at radius 3 is 2.38 bits per heavy atom. The molecule has 0 fully saturated rings. The van der Waals surface area contributed by atoms with Crippen LogP contribution in [0.4, 0.5) is 13.2 Å². The number of aromatic nitrogens is 1. The molecule has 0 amide bonds. The van der Waals surface area contributed by atoms with Gasteiger partial charge in [-0.15, -0.1) is 0 Å². The largest absolute Gasteiger partial charge is 0.393 e. The van der Waals surface area contributed by atoms with Crippen LogP contribution in [0, 0.1) is 13.8 Å². The van der Waals surface area contributed by atoms with E-state index in [1.54, 1.807) is 13.8 Å². The maximum absolute atomic E-state index is 11.9. The fourth-order valence-corrected chi connectivity index (χ4v) is 1.03. The average Bonchev–Trinajstić information content (AvgIpc) is 1.94. The third-order valence-corrected chi connectivity index (χ3v) is 1.80. The van der Waals surface area contributed by atoms with Gasteiger partial charge >= 0.3 is 6.18 Å². The van der Waals surface area contributed by atoms with Gasteiger partial charge in [0.25, 0.3) is 0 Å². The fourth-order valence-electron chi connectivity index (χ4n) is 1.03. The van der Waals surface area contributed by atoms with Gasteiger partial charge in [-0.1, -0.05) is 6.07 Å². The number of pyridine rings is 1. The van der Waals surface area contributed by atoms with E-state index in [0.717, 1.165) is 11.3 Å². The van der Waals surface area contributed by atoms with E-state index >= 15 is 0 Å². The lowest BCUT2D eigenvalue weighted by Crippen LogP contribution is -2.12. The minimum Gasteiger partial charge on any atom is -0.261 e. The summed E-state index contributed by atoms with van der Waals surface area (Å²) in [6.07, 6.45) is -3.78. The van der Waals surface area contributed by atoms with Crippen molar-refractivity contribution < 1.29 is 13.2 Å². The molecule has 72 valence electrons. The molecule has 13 heavy (non-hydrogen) atoms. The highest BCUT2D eigenvalue weighted by Crippen LogP contribution is 2.21. The monoisotopic (exact) mass is 189 g/mol. The molecule has 0 aliphatic heterocycles. The molecule has 4 heteroatoms. The molecule has 0 N–H and O–H groups in total. The zero-order chi connectivity index (χ0) is 10.1. The van der Waals surface area contributed by atoms with E-state index < -0.39 is 12.6 Å². The summed E-state index contributed by atoms with van der Waals surface area (Å²) in [6, 6.07) is 1.52. The summed E-state index contributed by atoms with van der Waals surface area (Å²) in [5, 5.41) is 0. The first-order chi connectivity index (χ1) is 5.88. The maximum Gasteiger partial charge on any atom is 0.393 e. The molecule has 0 saturated carbocycles. The highest BCUT2D eigenvalue weighted by Gasteiger charge is 2.27. The topological polar surface area (TPSA) is 12.9 Å². The molecular weight excluding hydrogens is 179 g/mol. The van der Waals surface area contributed by atoms with Gasteiger partial charge in [-0.05, 0) is 25.0 Å². The number of nitrogens with zero attached hydrogens (tertiary/aromatic N) is 1. The Labute approximate surface area is 74.6 Å². The van der Waals surface area contributed by atoms with Crippen LogP contribution in [0.15, 0.2) is 12.3 Å². The summed E-state index contributed by atoms with van der Waals surface area (Å²) < 4.78 is 35.8. The normalized spacial score (nSPS) is 11.8. The fraction of sp³-hybridized carbons (Fsp3) is 0.444. The summed E-state index contributed by atoms with van der Waals surface area (Å²) in [5.41, 5.74) is 1.78. The molecule has 0 bridgehead atoms. The van der Waals surface area contributed by atoms with E-state index in [4.69, 9.17) is 0 Å². The van der Waals surface area contributed by atoms with E-state index in [1.165, 1.54) is 12.3 Å². The maximum atomic E-state index is 11.9. The van der Waals surface area contributed by atoms with Gasteiger partial charge in [0.2, 0.25) is 0 Å². The van der Waals surface area contributed by atoms with E-state index in [9.17, 15) is 13.2 Å². The Kier molecular flexibility index (Phi) is 2.59. The zero-order valence-corrected chi connectivity index (χ0v) is 7.44. The van der Waals surface area contributed by atoms with Crippen molar-refractivity contribution in [1.29, 1.82) is 0 Å². The lowest BCUT2D eigenvalue weighted by atomic mass is 10.1. The van der Waals surface area contributed by atoms with Crippen molar-refractivity contribution in [3.63, 3.8) is 0 Å². The SMILES string of the molecule is Cc1cc(CC(F)(F)F)cnc1C. The molecule has 0 aliphatic carbocycles. The predicted molar refractivity (Wildman–Crippen MR) is 43.5 cm³/mol. The molecule has 1 nitrogen and oxygen atoms in total. The van der Waals surface area contributed by atoms with Crippen LogP contribution < -0.4 is 0 Å². The van der Waals surface area contributed by atoms with Gasteiger partial charge in [0.05, 0.1) is 6.42 Å². The lowest BCUT2D eigenvalue weighted by molar-refractivity contribution is -0.127. The van der Waals surface area contributed by atoms with Crippen LogP contribution in [0.1, 0.15) is 16.8 Å². The van der Waals surface area contributed by atoms with Gasteiger partial charge in [0.1, 0.15) is 0 Å². The molecule has 1 heterocycles. The van der Waals surface area contributed by atoms with Gasteiger partial charge in [0.15, 0.2) is 0 Å². The van der Waals surface area contributed by atoms with Crippen LogP contribution in [-0.4, -0.2) is 11.2 Å². The molecular formula is C9H10F3N. The molecule has 0 spiro atoms. The number of hydrogen-bond donors (Lipinski definition) is 0. The summed E-state index contributed by atoms with van der Waals surface area (Å²) in [5.74, 6) is 0. The Balaban J connectivity index is 2.86. The molecule has 1 aromatic rings. The number of alkyl halides is 3. The second-order valence-electron chi connectivity index (χ2n) is 3.04. The molecule has 0 aromatic carbocycles. The van der Waals surface area contributed by atoms with Crippen LogP contribution in [0.3, 0.4) is 0 Å². The second-order valence-corrected chi connectivity index (χ2v) is 3.04. The van der Waals surface area contributed by atoms with Gasteiger partial charge in [-0.3, -0.25) is 4.98 Å². The molecule has 0 saturated heterocycles. The predicted octanol–water partition coefficient (Wildman–Crippen LogP) is 2.80. The van der Waals surface area contributed by atoms with Crippen LogP contribution in [-0.2, 0) is 6.42 Å². The Bertz CT molecular complexity index is 304. The van der Waals surface area contributed by atoms with Crippen molar-refractivity contribution in [2.75, 3.05) is 0 Å². The molecule has 0 unspecified atom stereocenters.